The lowest BCUT2D eigenvalue weighted by Crippen LogP contribution is -2.59. The third-order valence-corrected chi connectivity index (χ3v) is 34.5. The van der Waals surface area contributed by atoms with Gasteiger partial charge in [0.25, 0.3) is 16.7 Å². The number of aromatic nitrogens is 9. The number of carbonyl (C=O) groups excluding carboxylic acids is 3. The summed E-state index contributed by atoms with van der Waals surface area (Å²) in [5, 5.41) is 25.3. The molecular weight excluding hydrogens is 2010 g/mol. The number of sulfonamides is 3. The van der Waals surface area contributed by atoms with Crippen LogP contribution in [-0.2, 0) is 82.3 Å². The zero-order valence-electron chi connectivity index (χ0n) is 77.8. The lowest BCUT2D eigenvalue weighted by Gasteiger charge is -2.41. The number of nitrogens with zero attached hydrogens (tertiary/aromatic N) is 14. The van der Waals surface area contributed by atoms with Gasteiger partial charge in [0.15, 0.2) is 84.5 Å². The monoisotopic (exact) mass is 2100 g/mol. The summed E-state index contributed by atoms with van der Waals surface area (Å²) < 4.78 is 301. The smallest absolute Gasteiger partial charge is 0.276 e. The topological polar surface area (TPSA) is 357 Å². The summed E-state index contributed by atoms with van der Waals surface area (Å²) in [4.78, 5) is 91.9. The van der Waals surface area contributed by atoms with Gasteiger partial charge in [-0.25, -0.2) is 106 Å². The number of rotatable bonds is 27. The molecule has 9 heterocycles. The van der Waals surface area contributed by atoms with Gasteiger partial charge in [-0.3, -0.25) is 43.7 Å². The fourth-order valence-corrected chi connectivity index (χ4v) is 24.6. The van der Waals surface area contributed by atoms with Gasteiger partial charge in [0.1, 0.15) is 31.6 Å². The predicted octanol–water partition coefficient (Wildman–Crippen LogP) is 16.4. The van der Waals surface area contributed by atoms with Gasteiger partial charge >= 0.3 is 0 Å². The molecule has 29 nitrogen and oxygen atoms in total. The first-order chi connectivity index (χ1) is 69.0. The van der Waals surface area contributed by atoms with Crippen molar-refractivity contribution >= 4 is 105 Å². The summed E-state index contributed by atoms with van der Waals surface area (Å²) in [6, 6.07) is 20.5. The number of pyridine rings is 3. The van der Waals surface area contributed by atoms with Crippen LogP contribution in [0.5, 0.6) is 0 Å². The summed E-state index contributed by atoms with van der Waals surface area (Å²) in [7, 11) is -17.4. The molecule has 3 atom stereocenters. The van der Waals surface area contributed by atoms with Crippen LogP contribution in [0.2, 0.25) is 25.7 Å². The van der Waals surface area contributed by atoms with Gasteiger partial charge in [0.2, 0.25) is 65.2 Å². The number of aliphatic hydroxyl groups excluding tert-OH is 1. The minimum Gasteiger partial charge on any atom is -0.374 e. The molecule has 3 amide bonds. The summed E-state index contributed by atoms with van der Waals surface area (Å²) in [6.07, 6.45) is 24.9. The first-order valence-corrected chi connectivity index (χ1v) is 54.6. The maximum atomic E-state index is 14.7. The standard InChI is InChI=1S/C36H40F5N5O5SSi.C31H28F5N5O5S.C30H26F5N5O4S/c1-53(2,3)16-15-51-21-45-35(47)26-11-10-25(17-24(26)19-43-45)44(20-22-9-12-27(42-18-22)23-7-5-4-6-8-23)36(48)28-13-14-46(28)52(49,50)34-32(40)30(38)29(37)31(39)33(34)41;32-24-25(33)27(35)29(28(36)26(24)34)47(45,46)41-11-10-23(41)31(44)39(15-17-6-9-22(37-13-17)18-4-2-1-3-5-18)20-7-8-21-19(12-20)14-38-40(16-42)30(21)43;31-23-24(32)26(34)28(27(35)25(23)33)45(43,44)40-11-10-22(40)30(42)39(19-7-8-20-18(12-19)14-37-38-29(20)41)15-16-6-9-21(36-13-16)17-4-2-1-3-5-17/h9-12,17-19,23,28H,4-8,13-16,20-21H2,1-3H3;6-9,12-14,18,23,42H,1-5,10-11,15-16H2;6-9,12-14,17,22H,1-5,10-11,15H2,(H,38,41)/t28-;23-;22-/m111/s1. The van der Waals surface area contributed by atoms with Gasteiger partial charge in [0.05, 0.1) is 54.4 Å². The number of hydrogen-bond acceptors (Lipinski definition) is 20. The van der Waals surface area contributed by atoms with E-state index in [1.807, 2.05) is 24.3 Å². The van der Waals surface area contributed by atoms with Crippen molar-refractivity contribution in [2.45, 2.75) is 225 Å². The first-order valence-electron chi connectivity index (χ1n) is 46.5. The van der Waals surface area contributed by atoms with Gasteiger partial charge in [-0.2, -0.15) is 28.2 Å². The normalized spacial score (nSPS) is 17.5. The Kier molecular flexibility index (Phi) is 31.4. The van der Waals surface area contributed by atoms with Crippen molar-refractivity contribution in [2.75, 3.05) is 40.9 Å². The number of amides is 3. The highest BCUT2D eigenvalue weighted by molar-refractivity contribution is 7.89. The average molecular weight is 2100 g/mol. The zero-order valence-corrected chi connectivity index (χ0v) is 81.2. The molecule has 18 rings (SSSR count). The Balaban J connectivity index is 0.000000156. The van der Waals surface area contributed by atoms with E-state index >= 15 is 0 Å². The Bertz CT molecular complexity index is 7520. The van der Waals surface area contributed by atoms with Crippen LogP contribution >= 0.6 is 0 Å². The minimum atomic E-state index is -5.38. The number of ether oxygens (including phenoxy) is 1. The molecule has 0 unspecified atom stereocenters. The SMILES string of the molecule is C[Si](C)(C)CCOCn1ncc2cc(N(Cc3ccc(C4CCCCC4)nc3)C(=O)[C@H]3CCN3S(=O)(=O)c3c(F)c(F)c(F)c(F)c3F)ccc2c1=O.O=C([C@H]1CCN1S(=O)(=O)c1c(F)c(F)c(F)c(F)c1F)N(Cc1ccc(C2CCCCC2)nc1)c1ccc2c(=O)[nH]ncc2c1.O=C([C@H]1CCN1S(=O)(=O)c1c(F)c(F)c(F)c(F)c1F)N(Cc1ccc(C2CCCCC2)nc1)c1ccc2c(=O)n(CO)ncc2c1. The number of anilines is 3. The molecule has 0 spiro atoms. The van der Waals surface area contributed by atoms with E-state index in [0.717, 1.165) is 105 Å². The molecule has 3 aliphatic carbocycles. The lowest BCUT2D eigenvalue weighted by atomic mass is 9.86. The van der Waals surface area contributed by atoms with E-state index in [9.17, 15) is 125 Å². The van der Waals surface area contributed by atoms with Crippen molar-refractivity contribution in [1.82, 2.24) is 57.6 Å². The molecular formula is C97H94F15N15O14S3Si. The number of halogens is 15. The molecule has 145 heavy (non-hydrogen) atoms. The van der Waals surface area contributed by atoms with E-state index in [1.54, 1.807) is 30.7 Å². The fourth-order valence-electron chi connectivity index (χ4n) is 18.6. The molecule has 0 radical (unpaired) electrons. The van der Waals surface area contributed by atoms with E-state index in [1.165, 1.54) is 112 Å². The Morgan fingerprint density at radius 3 is 0.972 bits per heavy atom. The number of carbonyl (C=O) groups is 3. The second-order valence-corrected chi connectivity index (χ2v) is 48.5. The summed E-state index contributed by atoms with van der Waals surface area (Å²) >= 11 is 0. The van der Waals surface area contributed by atoms with Gasteiger partial charge < -0.3 is 24.5 Å². The number of fused-ring (bicyclic) bond motifs is 3. The average Bonchev–Trinajstić information content (AvgIpc) is 0.738. The number of H-pyrrole nitrogens is 1. The van der Waals surface area contributed by atoms with Crippen LogP contribution in [0.25, 0.3) is 32.3 Å². The highest BCUT2D eigenvalue weighted by Crippen LogP contribution is 2.43. The van der Waals surface area contributed by atoms with Crippen molar-refractivity contribution in [3.8, 4) is 0 Å². The molecule has 3 saturated heterocycles. The van der Waals surface area contributed by atoms with Crippen LogP contribution in [0.1, 0.15) is 167 Å². The number of aliphatic hydroxyl groups is 1. The zero-order chi connectivity index (χ0) is 104. The highest BCUT2D eigenvalue weighted by Gasteiger charge is 2.52. The van der Waals surface area contributed by atoms with Crippen LogP contribution < -0.4 is 31.4 Å². The third kappa shape index (κ3) is 21.3. The maximum absolute atomic E-state index is 14.7. The Morgan fingerprint density at radius 2 is 0.683 bits per heavy atom. The molecule has 2 N–H and O–H groups in total. The summed E-state index contributed by atoms with van der Waals surface area (Å²) in [5.41, 5.74) is 3.65. The van der Waals surface area contributed by atoms with Crippen molar-refractivity contribution in [1.29, 1.82) is 0 Å². The van der Waals surface area contributed by atoms with Crippen LogP contribution in [0, 0.1) is 87.3 Å². The van der Waals surface area contributed by atoms with E-state index in [4.69, 9.17) is 4.74 Å². The number of aromatic amines is 1. The molecule has 48 heteroatoms. The summed E-state index contributed by atoms with van der Waals surface area (Å²) in [6.45, 7) is 4.78. The molecule has 12 aromatic rings. The van der Waals surface area contributed by atoms with E-state index in [0.29, 0.717) is 70.1 Å². The molecule has 6 aromatic carbocycles. The minimum absolute atomic E-state index is 0.0511. The Labute approximate surface area is 819 Å². The second-order valence-electron chi connectivity index (χ2n) is 37.4. The van der Waals surface area contributed by atoms with Crippen LogP contribution in [0.15, 0.2) is 157 Å². The third-order valence-electron chi connectivity index (χ3n) is 27.0. The van der Waals surface area contributed by atoms with Gasteiger partial charge in [-0.15, -0.1) is 0 Å². The quantitative estimate of drug-likeness (QED) is 0.0159. The lowest BCUT2D eigenvalue weighted by molar-refractivity contribution is -0.125. The van der Waals surface area contributed by atoms with E-state index in [2.05, 4.69) is 55.0 Å². The highest BCUT2D eigenvalue weighted by atomic mass is 32.2. The van der Waals surface area contributed by atoms with Gasteiger partial charge in [-0.05, 0) is 153 Å². The van der Waals surface area contributed by atoms with Gasteiger partial charge in [-0.1, -0.05) is 95.6 Å². The Morgan fingerprint density at radius 1 is 0.386 bits per heavy atom. The van der Waals surface area contributed by atoms with Gasteiger partial charge in [0, 0.05) is 121 Å². The van der Waals surface area contributed by atoms with E-state index < -0.39 is 219 Å². The molecule has 6 fully saturated rings. The Hall–Kier alpha value is -12.6. The first kappa shape index (κ1) is 105. The summed E-state index contributed by atoms with van der Waals surface area (Å²) in [5.74, 6) is -38.7. The van der Waals surface area contributed by atoms with Crippen molar-refractivity contribution in [2.24, 2.45) is 0 Å². The molecule has 3 saturated carbocycles. The van der Waals surface area contributed by atoms with Crippen LogP contribution in [0.3, 0.4) is 0 Å². The molecule has 6 aliphatic rings. The number of hydrogen-bond donors (Lipinski definition) is 2. The van der Waals surface area contributed by atoms with Crippen LogP contribution in [-0.4, -0.2) is 158 Å². The maximum Gasteiger partial charge on any atom is 0.276 e. The predicted molar refractivity (Wildman–Crippen MR) is 500 cm³/mol. The molecule has 768 valence electrons. The molecule has 3 aliphatic heterocycles. The second kappa shape index (κ2) is 43.2. The fraction of sp³-hybridized carbons (Fsp3) is 0.381. The number of benzene rings is 6. The largest absolute Gasteiger partial charge is 0.374 e. The van der Waals surface area contributed by atoms with Crippen molar-refractivity contribution < 1.29 is 115 Å². The van der Waals surface area contributed by atoms with Crippen LogP contribution in [0.4, 0.5) is 82.9 Å². The molecule has 6 aromatic heterocycles. The molecule has 0 bridgehead atoms. The van der Waals surface area contributed by atoms with Crippen molar-refractivity contribution in [3.05, 3.63) is 280 Å². The van der Waals surface area contributed by atoms with E-state index in [-0.39, 0.29) is 78.8 Å². The van der Waals surface area contributed by atoms with Crippen molar-refractivity contribution in [3.63, 3.8) is 0 Å². The number of nitrogens with one attached hydrogen (secondary N) is 1.